The zero-order valence-electron chi connectivity index (χ0n) is 25.4. The Morgan fingerprint density at radius 2 is 1.91 bits per heavy atom. The predicted molar refractivity (Wildman–Crippen MR) is 175 cm³/mol. The lowest BCUT2D eigenvalue weighted by Crippen LogP contribution is -2.44. The summed E-state index contributed by atoms with van der Waals surface area (Å²) in [6.07, 6.45) is 4.96. The lowest BCUT2D eigenvalue weighted by Gasteiger charge is -2.28. The van der Waals surface area contributed by atoms with Gasteiger partial charge < -0.3 is 34.6 Å². The summed E-state index contributed by atoms with van der Waals surface area (Å²) < 4.78 is 28.3. The summed E-state index contributed by atoms with van der Waals surface area (Å²) in [5, 5.41) is 5.39. The van der Waals surface area contributed by atoms with E-state index in [-0.39, 0.29) is 24.2 Å². The lowest BCUT2D eigenvalue weighted by atomic mass is 9.86. The SMILES string of the molecule is COc1ccc(CNc2nc3cc(CC4OCC56OC(C)(C)OC5C(n5ccc7c(N)ncnc75)CC46)ccc3cc2Br)cc1. The minimum Gasteiger partial charge on any atom is -0.497 e. The topological polar surface area (TPSA) is 119 Å². The van der Waals surface area contributed by atoms with Crippen molar-refractivity contribution in [3.63, 3.8) is 0 Å². The largest absolute Gasteiger partial charge is 0.497 e. The maximum Gasteiger partial charge on any atom is 0.164 e. The number of benzene rings is 2. The van der Waals surface area contributed by atoms with Gasteiger partial charge >= 0.3 is 0 Å². The van der Waals surface area contributed by atoms with Crippen LogP contribution in [0.3, 0.4) is 0 Å². The molecule has 5 heterocycles. The quantitative estimate of drug-likeness (QED) is 0.214. The number of rotatable bonds is 7. The van der Waals surface area contributed by atoms with Crippen LogP contribution in [0, 0.1) is 5.92 Å². The summed E-state index contributed by atoms with van der Waals surface area (Å²) >= 11 is 3.70. The van der Waals surface area contributed by atoms with E-state index in [2.05, 4.69) is 60.0 Å². The van der Waals surface area contributed by atoms with Crippen molar-refractivity contribution < 1.29 is 18.9 Å². The van der Waals surface area contributed by atoms with Gasteiger partial charge in [0.05, 0.1) is 41.2 Å². The zero-order valence-corrected chi connectivity index (χ0v) is 27.0. The highest BCUT2D eigenvalue weighted by Gasteiger charge is 2.69. The molecule has 2 aromatic carbocycles. The minimum atomic E-state index is -0.716. The van der Waals surface area contributed by atoms with Gasteiger partial charge in [0.15, 0.2) is 5.79 Å². The van der Waals surface area contributed by atoms with Crippen LogP contribution in [0.25, 0.3) is 21.9 Å². The molecular formula is C34H35BrN6O4. The first-order chi connectivity index (χ1) is 21.7. The van der Waals surface area contributed by atoms with E-state index in [1.165, 1.54) is 11.9 Å². The number of pyridine rings is 1. The fourth-order valence-corrected chi connectivity index (χ4v) is 8.05. The van der Waals surface area contributed by atoms with Gasteiger partial charge in [-0.05, 0) is 84.1 Å². The van der Waals surface area contributed by atoms with Gasteiger partial charge in [0, 0.05) is 24.0 Å². The number of nitrogen functional groups attached to an aromatic ring is 1. The fourth-order valence-electron chi connectivity index (χ4n) is 7.58. The van der Waals surface area contributed by atoms with Gasteiger partial charge in [-0.15, -0.1) is 0 Å². The second kappa shape index (κ2) is 10.7. The van der Waals surface area contributed by atoms with Gasteiger partial charge in [0.2, 0.25) is 0 Å². The van der Waals surface area contributed by atoms with Gasteiger partial charge in [-0.25, -0.2) is 15.0 Å². The Labute approximate surface area is 269 Å². The van der Waals surface area contributed by atoms with E-state index in [0.717, 1.165) is 56.4 Å². The third kappa shape index (κ3) is 4.84. The summed E-state index contributed by atoms with van der Waals surface area (Å²) in [5.74, 6) is 1.54. The molecule has 1 spiro atoms. The second-order valence-electron chi connectivity index (χ2n) is 12.7. The van der Waals surface area contributed by atoms with Crippen LogP contribution in [-0.4, -0.2) is 56.8 Å². The average molecular weight is 672 g/mol. The number of anilines is 2. The minimum absolute atomic E-state index is 0.0305. The molecule has 3 aromatic heterocycles. The normalized spacial score (nSPS) is 26.8. The average Bonchev–Trinajstić information content (AvgIpc) is 3.74. The highest BCUT2D eigenvalue weighted by atomic mass is 79.9. The highest BCUT2D eigenvalue weighted by molar-refractivity contribution is 9.10. The lowest BCUT2D eigenvalue weighted by molar-refractivity contribution is -0.175. The van der Waals surface area contributed by atoms with Crippen LogP contribution >= 0.6 is 15.9 Å². The standard InChI is InChI=1S/C34H35BrN6O4/c1-33(2)44-29-27(41-11-10-23-30(36)38-18-39-32(23)41)15-24-28(43-17-34(24,29)45-33)13-20-4-7-21-14-25(35)31(40-26(21)12-20)37-16-19-5-8-22(42-3)9-6-19/h4-12,14,18,24,27-29H,13,15-17H2,1-3H3,(H,37,40)(H2,36,38,39). The molecule has 232 valence electrons. The summed E-state index contributed by atoms with van der Waals surface area (Å²) in [6.45, 7) is 5.11. The van der Waals surface area contributed by atoms with E-state index >= 15 is 0 Å². The number of nitrogens with one attached hydrogen (secondary N) is 1. The molecule has 3 aliphatic rings. The molecule has 3 N–H and O–H groups in total. The molecule has 2 saturated heterocycles. The van der Waals surface area contributed by atoms with Gasteiger partial charge in [-0.1, -0.05) is 24.3 Å². The Bertz CT molecular complexity index is 1910. The molecule has 11 heteroatoms. The van der Waals surface area contributed by atoms with Crippen molar-refractivity contribution >= 4 is 49.5 Å². The van der Waals surface area contributed by atoms with E-state index in [9.17, 15) is 0 Å². The summed E-state index contributed by atoms with van der Waals surface area (Å²) in [7, 11) is 1.67. The molecule has 0 amide bonds. The number of aromatic nitrogens is 4. The number of halogens is 1. The number of methoxy groups -OCH3 is 1. The molecule has 2 aliphatic heterocycles. The van der Waals surface area contributed by atoms with Crippen molar-refractivity contribution in [1.82, 2.24) is 19.5 Å². The van der Waals surface area contributed by atoms with E-state index < -0.39 is 11.4 Å². The van der Waals surface area contributed by atoms with E-state index in [1.807, 2.05) is 50.4 Å². The molecule has 5 unspecified atom stereocenters. The number of nitrogens with two attached hydrogens (primary N) is 1. The second-order valence-corrected chi connectivity index (χ2v) is 13.6. The van der Waals surface area contributed by atoms with Crippen molar-refractivity contribution in [2.75, 3.05) is 24.8 Å². The molecule has 5 aromatic rings. The van der Waals surface area contributed by atoms with Crippen LogP contribution in [0.15, 0.2) is 71.6 Å². The number of ether oxygens (including phenoxy) is 4. The van der Waals surface area contributed by atoms with Crippen molar-refractivity contribution in [3.8, 4) is 5.75 Å². The third-order valence-electron chi connectivity index (χ3n) is 9.56. The Hall–Kier alpha value is -3.77. The first-order valence-electron chi connectivity index (χ1n) is 15.3. The summed E-state index contributed by atoms with van der Waals surface area (Å²) in [6, 6.07) is 18.6. The smallest absolute Gasteiger partial charge is 0.164 e. The predicted octanol–water partition coefficient (Wildman–Crippen LogP) is 6.04. The molecular weight excluding hydrogens is 636 g/mol. The number of nitrogens with zero attached hydrogens (tertiary/aromatic N) is 4. The molecule has 1 aliphatic carbocycles. The fraction of sp³-hybridized carbons (Fsp3) is 0.382. The van der Waals surface area contributed by atoms with Crippen LogP contribution in [0.5, 0.6) is 5.75 Å². The first kappa shape index (κ1) is 28.7. The molecule has 5 atom stereocenters. The third-order valence-corrected chi connectivity index (χ3v) is 10.2. The van der Waals surface area contributed by atoms with Crippen LogP contribution in [0.4, 0.5) is 11.6 Å². The molecule has 8 rings (SSSR count). The van der Waals surface area contributed by atoms with Crippen molar-refractivity contribution in [2.24, 2.45) is 5.92 Å². The van der Waals surface area contributed by atoms with Gasteiger partial charge in [0.25, 0.3) is 0 Å². The van der Waals surface area contributed by atoms with Gasteiger partial charge in [-0.2, -0.15) is 0 Å². The number of fused-ring (bicyclic) bond motifs is 2. The maximum absolute atomic E-state index is 6.74. The van der Waals surface area contributed by atoms with Crippen LogP contribution in [-0.2, 0) is 27.2 Å². The Balaban J connectivity index is 1.05. The van der Waals surface area contributed by atoms with Crippen LogP contribution < -0.4 is 15.8 Å². The van der Waals surface area contributed by atoms with E-state index in [1.54, 1.807) is 7.11 Å². The molecule has 10 nitrogen and oxygen atoms in total. The molecule has 45 heavy (non-hydrogen) atoms. The van der Waals surface area contributed by atoms with Crippen LogP contribution in [0.2, 0.25) is 0 Å². The molecule has 0 radical (unpaired) electrons. The van der Waals surface area contributed by atoms with Crippen molar-refractivity contribution in [2.45, 2.75) is 62.9 Å². The Morgan fingerprint density at radius 1 is 1.09 bits per heavy atom. The molecule has 3 fully saturated rings. The summed E-state index contributed by atoms with van der Waals surface area (Å²) in [5.41, 5.74) is 9.70. The molecule has 0 bridgehead atoms. The van der Waals surface area contributed by atoms with Gasteiger partial charge in [-0.3, -0.25) is 0 Å². The van der Waals surface area contributed by atoms with Crippen molar-refractivity contribution in [3.05, 3.63) is 82.7 Å². The zero-order chi connectivity index (χ0) is 30.9. The van der Waals surface area contributed by atoms with E-state index in [4.69, 9.17) is 29.7 Å². The Morgan fingerprint density at radius 3 is 2.73 bits per heavy atom. The highest BCUT2D eigenvalue weighted by Crippen LogP contribution is 2.59. The number of hydrogen-bond donors (Lipinski definition) is 2. The first-order valence-corrected chi connectivity index (χ1v) is 16.0. The summed E-state index contributed by atoms with van der Waals surface area (Å²) in [4.78, 5) is 13.7. The van der Waals surface area contributed by atoms with Crippen molar-refractivity contribution in [1.29, 1.82) is 0 Å². The maximum atomic E-state index is 6.74. The number of hydrogen-bond acceptors (Lipinski definition) is 9. The Kier molecular flexibility index (Phi) is 6.79. The van der Waals surface area contributed by atoms with E-state index in [0.29, 0.717) is 19.0 Å². The van der Waals surface area contributed by atoms with Gasteiger partial charge in [0.1, 0.15) is 41.1 Å². The monoisotopic (exact) mass is 670 g/mol. The van der Waals surface area contributed by atoms with Crippen LogP contribution in [0.1, 0.15) is 37.4 Å². The molecule has 1 saturated carbocycles.